The summed E-state index contributed by atoms with van der Waals surface area (Å²) < 4.78 is 8.59. The zero-order chi connectivity index (χ0) is 24.0. The quantitative estimate of drug-likeness (QED) is 0.208. The molecule has 0 N–H and O–H groups in total. The molecule has 4 aromatic heterocycles. The number of rotatable bonds is 2. The molecule has 0 aliphatic rings. The summed E-state index contributed by atoms with van der Waals surface area (Å²) in [4.78, 5) is 2.71. The lowest BCUT2D eigenvalue weighted by molar-refractivity contribution is 1.48. The number of hydrogen-bond acceptors (Lipinski definition) is 4. The van der Waals surface area contributed by atoms with Gasteiger partial charge in [-0.15, -0.1) is 45.3 Å². The van der Waals surface area contributed by atoms with E-state index in [1.54, 1.807) is 0 Å². The third kappa shape index (κ3) is 3.09. The van der Waals surface area contributed by atoms with Crippen molar-refractivity contribution in [3.05, 3.63) is 96.1 Å². The molecule has 172 valence electrons. The van der Waals surface area contributed by atoms with E-state index in [0.717, 1.165) is 0 Å². The van der Waals surface area contributed by atoms with Gasteiger partial charge in [0.2, 0.25) is 0 Å². The third-order valence-corrected chi connectivity index (χ3v) is 12.3. The molecular formula is C32H20S4. The Morgan fingerprint density at radius 2 is 0.861 bits per heavy atom. The smallest absolute Gasteiger partial charge is 0.0543 e. The molecule has 0 saturated carbocycles. The Balaban J connectivity index is 1.34. The van der Waals surface area contributed by atoms with Crippen LogP contribution in [-0.2, 0) is 0 Å². The highest BCUT2D eigenvalue weighted by molar-refractivity contribution is 7.40. The van der Waals surface area contributed by atoms with Gasteiger partial charge in [0.25, 0.3) is 0 Å². The Bertz CT molecular complexity index is 1970. The van der Waals surface area contributed by atoms with Crippen LogP contribution in [0.25, 0.3) is 70.6 Å². The number of hydrogen-bond donors (Lipinski definition) is 0. The van der Waals surface area contributed by atoms with E-state index in [1.807, 2.05) is 45.3 Å². The second-order valence-electron chi connectivity index (χ2n) is 9.54. The fraction of sp³-hybridized carbons (Fsp3) is 0.0625. The van der Waals surface area contributed by atoms with Crippen LogP contribution in [0.5, 0.6) is 0 Å². The van der Waals surface area contributed by atoms with Crippen LogP contribution in [0.3, 0.4) is 0 Å². The van der Waals surface area contributed by atoms with Gasteiger partial charge in [-0.2, -0.15) is 0 Å². The SMILES string of the molecule is Cc1cccc(-c2cc3ccc4c(sc5c6ccc7cc(-c8cccc(C)c8)sc7c6sc45)c3s2)c1. The maximum Gasteiger partial charge on any atom is 0.0543 e. The first-order valence-electron chi connectivity index (χ1n) is 12.0. The van der Waals surface area contributed by atoms with Gasteiger partial charge in [0.15, 0.2) is 0 Å². The lowest BCUT2D eigenvalue weighted by atomic mass is 10.1. The van der Waals surface area contributed by atoms with Crippen LogP contribution in [0.4, 0.5) is 0 Å². The predicted octanol–water partition coefficient (Wildman–Crippen LogP) is 11.6. The van der Waals surface area contributed by atoms with Gasteiger partial charge in [-0.3, -0.25) is 0 Å². The first-order valence-corrected chi connectivity index (χ1v) is 15.3. The Morgan fingerprint density at radius 1 is 0.417 bits per heavy atom. The highest BCUT2D eigenvalue weighted by atomic mass is 32.1. The Hall–Kier alpha value is -3.02. The van der Waals surface area contributed by atoms with Gasteiger partial charge in [-0.25, -0.2) is 0 Å². The minimum Gasteiger partial charge on any atom is -0.134 e. The van der Waals surface area contributed by atoms with E-state index in [9.17, 15) is 0 Å². The number of fused-ring (bicyclic) bond motifs is 9. The lowest BCUT2D eigenvalue weighted by Crippen LogP contribution is -1.73. The molecule has 0 unspecified atom stereocenters. The molecule has 0 fully saturated rings. The molecule has 0 bridgehead atoms. The van der Waals surface area contributed by atoms with Crippen molar-refractivity contribution in [3.8, 4) is 20.9 Å². The molecule has 4 aromatic carbocycles. The largest absolute Gasteiger partial charge is 0.134 e. The molecule has 0 radical (unpaired) electrons. The second kappa shape index (κ2) is 7.74. The summed E-state index contributed by atoms with van der Waals surface area (Å²) in [6, 6.07) is 31.8. The van der Waals surface area contributed by atoms with Crippen molar-refractivity contribution in [1.29, 1.82) is 0 Å². The van der Waals surface area contributed by atoms with E-state index >= 15 is 0 Å². The summed E-state index contributed by atoms with van der Waals surface area (Å²) in [5.41, 5.74) is 5.25. The van der Waals surface area contributed by atoms with Crippen LogP contribution in [0, 0.1) is 13.8 Å². The molecule has 0 spiro atoms. The molecule has 0 saturated heterocycles. The lowest BCUT2D eigenvalue weighted by Gasteiger charge is -1.97. The summed E-state index contributed by atoms with van der Waals surface area (Å²) in [5, 5.41) is 5.52. The molecule has 0 amide bonds. The standard InChI is InChI=1S/C32H20S4/c1-17-5-3-7-19(13-17)25-15-21-9-11-23-29(27(21)33-25)35-32-24-12-10-22-16-26(20-8-4-6-18(2)14-20)34-28(22)30(24)36-31(23)32/h3-16H,1-2H3. The predicted molar refractivity (Wildman–Crippen MR) is 166 cm³/mol. The maximum absolute atomic E-state index is 2.36. The number of thiophene rings is 4. The molecule has 8 aromatic rings. The molecule has 0 nitrogen and oxygen atoms in total. The molecule has 36 heavy (non-hydrogen) atoms. The molecule has 8 rings (SSSR count). The van der Waals surface area contributed by atoms with Gasteiger partial charge in [0, 0.05) is 20.5 Å². The van der Waals surface area contributed by atoms with E-state index in [1.165, 1.54) is 81.8 Å². The van der Waals surface area contributed by atoms with E-state index < -0.39 is 0 Å². The average Bonchev–Trinajstić information content (AvgIpc) is 3.63. The van der Waals surface area contributed by atoms with Gasteiger partial charge in [0.05, 0.1) is 28.2 Å². The van der Waals surface area contributed by atoms with E-state index in [4.69, 9.17) is 0 Å². The van der Waals surface area contributed by atoms with E-state index in [0.29, 0.717) is 0 Å². The zero-order valence-electron chi connectivity index (χ0n) is 19.7. The van der Waals surface area contributed by atoms with Crippen molar-refractivity contribution in [3.63, 3.8) is 0 Å². The summed E-state index contributed by atoms with van der Waals surface area (Å²) in [6.07, 6.45) is 0. The second-order valence-corrected chi connectivity index (χ2v) is 13.7. The first kappa shape index (κ1) is 21.1. The molecule has 4 heterocycles. The van der Waals surface area contributed by atoms with Crippen LogP contribution in [-0.4, -0.2) is 0 Å². The van der Waals surface area contributed by atoms with Crippen molar-refractivity contribution in [1.82, 2.24) is 0 Å². The van der Waals surface area contributed by atoms with Gasteiger partial charge < -0.3 is 0 Å². The summed E-state index contributed by atoms with van der Waals surface area (Å²) in [7, 11) is 0. The zero-order valence-corrected chi connectivity index (χ0v) is 23.0. The van der Waals surface area contributed by atoms with Crippen molar-refractivity contribution in [2.75, 3.05) is 0 Å². The highest BCUT2D eigenvalue weighted by Gasteiger charge is 2.18. The topological polar surface area (TPSA) is 0 Å². The van der Waals surface area contributed by atoms with Crippen LogP contribution < -0.4 is 0 Å². The van der Waals surface area contributed by atoms with Crippen LogP contribution in [0.15, 0.2) is 84.9 Å². The summed E-state index contributed by atoms with van der Waals surface area (Å²) >= 11 is 7.82. The molecule has 0 aliphatic carbocycles. The average molecular weight is 533 g/mol. The first-order chi connectivity index (χ1) is 17.6. The van der Waals surface area contributed by atoms with Gasteiger partial charge in [0.1, 0.15) is 0 Å². The Morgan fingerprint density at radius 3 is 1.31 bits per heavy atom. The Labute approximate surface area is 224 Å². The molecule has 0 aliphatic heterocycles. The number of aryl methyl sites for hydroxylation is 2. The van der Waals surface area contributed by atoms with E-state index in [2.05, 4.69) is 98.8 Å². The van der Waals surface area contributed by atoms with Crippen molar-refractivity contribution in [2.45, 2.75) is 13.8 Å². The summed E-state index contributed by atoms with van der Waals surface area (Å²) in [6.45, 7) is 4.34. The minimum absolute atomic E-state index is 1.31. The normalized spacial score (nSPS) is 12.2. The van der Waals surface area contributed by atoms with Crippen molar-refractivity contribution in [2.24, 2.45) is 0 Å². The fourth-order valence-corrected chi connectivity index (χ4v) is 10.7. The third-order valence-electron chi connectivity index (χ3n) is 6.99. The fourth-order valence-electron chi connectivity index (χ4n) is 5.25. The van der Waals surface area contributed by atoms with Gasteiger partial charge in [-0.1, -0.05) is 83.9 Å². The Kier molecular flexibility index (Phi) is 4.54. The van der Waals surface area contributed by atoms with E-state index in [-0.39, 0.29) is 0 Å². The van der Waals surface area contributed by atoms with Crippen LogP contribution in [0.2, 0.25) is 0 Å². The molecular weight excluding hydrogens is 513 g/mol. The highest BCUT2D eigenvalue weighted by Crippen LogP contribution is 2.51. The minimum atomic E-state index is 1.31. The molecule has 0 atom stereocenters. The monoisotopic (exact) mass is 532 g/mol. The maximum atomic E-state index is 2.36. The number of benzene rings is 4. The molecule has 4 heteroatoms. The van der Waals surface area contributed by atoms with Crippen LogP contribution >= 0.6 is 45.3 Å². The van der Waals surface area contributed by atoms with Crippen molar-refractivity contribution >= 4 is 95.1 Å². The van der Waals surface area contributed by atoms with Gasteiger partial charge >= 0.3 is 0 Å². The summed E-state index contributed by atoms with van der Waals surface area (Å²) in [5.74, 6) is 0. The van der Waals surface area contributed by atoms with Crippen LogP contribution in [0.1, 0.15) is 11.1 Å². The van der Waals surface area contributed by atoms with Gasteiger partial charge in [-0.05, 0) is 47.9 Å². The van der Waals surface area contributed by atoms with Crippen molar-refractivity contribution < 1.29 is 0 Å².